The lowest BCUT2D eigenvalue weighted by atomic mass is 10.1. The molecular weight excluding hydrogens is 234 g/mol. The Morgan fingerprint density at radius 3 is 2.89 bits per heavy atom. The first kappa shape index (κ1) is 14.3. The first-order valence-corrected chi connectivity index (χ1v) is 7.55. The minimum Gasteiger partial charge on any atom is -0.354 e. The third kappa shape index (κ3) is 3.69. The second-order valence-electron chi connectivity index (χ2n) is 6.06. The van der Waals surface area contributed by atoms with Gasteiger partial charge in [-0.2, -0.15) is 0 Å². The quantitative estimate of drug-likeness (QED) is 0.909. The monoisotopic (exact) mass is 261 g/mol. The van der Waals surface area contributed by atoms with Crippen molar-refractivity contribution in [3.63, 3.8) is 0 Å². The summed E-state index contributed by atoms with van der Waals surface area (Å²) in [6.45, 7) is 7.68. The Hall–Kier alpha value is -1.09. The Morgan fingerprint density at radius 2 is 2.21 bits per heavy atom. The molecule has 0 bridgehead atoms. The van der Waals surface area contributed by atoms with E-state index in [2.05, 4.69) is 24.8 Å². The molecule has 106 valence electrons. The van der Waals surface area contributed by atoms with Gasteiger partial charge in [-0.25, -0.2) is 4.98 Å². The number of pyridine rings is 1. The van der Waals surface area contributed by atoms with Crippen LogP contribution < -0.4 is 10.6 Å². The molecule has 0 amide bonds. The van der Waals surface area contributed by atoms with Crippen molar-refractivity contribution in [2.24, 2.45) is 5.73 Å². The van der Waals surface area contributed by atoms with Crippen LogP contribution in [0.25, 0.3) is 0 Å². The third-order valence-corrected chi connectivity index (χ3v) is 3.99. The van der Waals surface area contributed by atoms with Crippen molar-refractivity contribution in [2.75, 3.05) is 11.4 Å². The van der Waals surface area contributed by atoms with Crippen LogP contribution in [0, 0.1) is 6.92 Å². The number of nitrogens with two attached hydrogens (primary N) is 1. The average Bonchev–Trinajstić information content (AvgIpc) is 2.54. The van der Waals surface area contributed by atoms with Crippen LogP contribution in [0.15, 0.2) is 12.3 Å². The zero-order valence-electron chi connectivity index (χ0n) is 12.5. The predicted octanol–water partition coefficient (Wildman–Crippen LogP) is 3.05. The molecule has 2 rings (SSSR count). The summed E-state index contributed by atoms with van der Waals surface area (Å²) in [6.07, 6.45) is 8.17. The Kier molecular flexibility index (Phi) is 4.81. The molecular formula is C16H27N3. The molecule has 1 aliphatic heterocycles. The van der Waals surface area contributed by atoms with E-state index in [-0.39, 0.29) is 6.04 Å². The summed E-state index contributed by atoms with van der Waals surface area (Å²) < 4.78 is 0. The number of nitrogens with zero attached hydrogens (tertiary/aromatic N) is 2. The van der Waals surface area contributed by atoms with Crippen LogP contribution in [0.5, 0.6) is 0 Å². The van der Waals surface area contributed by atoms with E-state index in [0.29, 0.717) is 6.04 Å². The molecule has 2 N–H and O–H groups in total. The van der Waals surface area contributed by atoms with Gasteiger partial charge in [0.15, 0.2) is 0 Å². The van der Waals surface area contributed by atoms with Gasteiger partial charge in [0.1, 0.15) is 5.82 Å². The second kappa shape index (κ2) is 6.38. The largest absolute Gasteiger partial charge is 0.354 e. The number of hydrogen-bond acceptors (Lipinski definition) is 3. The summed E-state index contributed by atoms with van der Waals surface area (Å²) in [5, 5.41) is 0. The van der Waals surface area contributed by atoms with Crippen LogP contribution in [-0.4, -0.2) is 23.6 Å². The Balaban J connectivity index is 2.19. The molecule has 2 heterocycles. The van der Waals surface area contributed by atoms with Crippen molar-refractivity contribution in [3.8, 4) is 0 Å². The molecule has 3 heteroatoms. The lowest BCUT2D eigenvalue weighted by Gasteiger charge is -2.29. The predicted molar refractivity (Wildman–Crippen MR) is 81.6 cm³/mol. The van der Waals surface area contributed by atoms with Crippen molar-refractivity contribution < 1.29 is 0 Å². The van der Waals surface area contributed by atoms with E-state index in [0.717, 1.165) is 13.0 Å². The molecule has 1 aromatic heterocycles. The molecule has 0 saturated carbocycles. The molecule has 1 aliphatic rings. The first-order valence-electron chi connectivity index (χ1n) is 7.55. The molecule has 0 aromatic carbocycles. The van der Waals surface area contributed by atoms with E-state index in [1.165, 1.54) is 42.6 Å². The molecule has 0 radical (unpaired) electrons. The normalized spacial score (nSPS) is 22.1. The molecule has 0 aliphatic carbocycles. The van der Waals surface area contributed by atoms with E-state index in [9.17, 15) is 0 Å². The zero-order chi connectivity index (χ0) is 13.8. The molecule has 1 aromatic rings. The number of anilines is 1. The summed E-state index contributed by atoms with van der Waals surface area (Å²) in [7, 11) is 0. The molecule has 3 nitrogen and oxygen atoms in total. The van der Waals surface area contributed by atoms with Crippen LogP contribution in [0.3, 0.4) is 0 Å². The van der Waals surface area contributed by atoms with E-state index in [4.69, 9.17) is 10.7 Å². The Morgan fingerprint density at radius 1 is 1.42 bits per heavy atom. The Labute approximate surface area is 117 Å². The van der Waals surface area contributed by atoms with E-state index in [1.807, 2.05) is 13.1 Å². The second-order valence-corrected chi connectivity index (χ2v) is 6.06. The molecule has 0 spiro atoms. The fourth-order valence-corrected chi connectivity index (χ4v) is 3.00. The lowest BCUT2D eigenvalue weighted by Crippen LogP contribution is -2.33. The zero-order valence-corrected chi connectivity index (χ0v) is 12.5. The van der Waals surface area contributed by atoms with Gasteiger partial charge < -0.3 is 10.6 Å². The topological polar surface area (TPSA) is 42.1 Å². The van der Waals surface area contributed by atoms with E-state index in [1.54, 1.807) is 0 Å². The van der Waals surface area contributed by atoms with Crippen molar-refractivity contribution in [3.05, 3.63) is 23.4 Å². The average molecular weight is 261 g/mol. The van der Waals surface area contributed by atoms with Gasteiger partial charge in [0.05, 0.1) is 0 Å². The highest BCUT2D eigenvalue weighted by atomic mass is 15.2. The summed E-state index contributed by atoms with van der Waals surface area (Å²) in [5.41, 5.74) is 8.39. The number of aromatic nitrogens is 1. The smallest absolute Gasteiger partial charge is 0.131 e. The number of rotatable bonds is 3. The van der Waals surface area contributed by atoms with Crippen molar-refractivity contribution in [1.82, 2.24) is 4.98 Å². The SMILES string of the molecule is Cc1cc(CC(C)N)cnc1N1CCCCCC1C. The summed E-state index contributed by atoms with van der Waals surface area (Å²) in [6, 6.07) is 3.06. The van der Waals surface area contributed by atoms with Crippen molar-refractivity contribution >= 4 is 5.82 Å². The molecule has 1 fully saturated rings. The van der Waals surface area contributed by atoms with Gasteiger partial charge in [0.25, 0.3) is 0 Å². The van der Waals surface area contributed by atoms with Crippen molar-refractivity contribution in [2.45, 2.75) is 65.0 Å². The highest BCUT2D eigenvalue weighted by Crippen LogP contribution is 2.25. The van der Waals surface area contributed by atoms with Gasteiger partial charge in [-0.05, 0) is 51.2 Å². The fourth-order valence-electron chi connectivity index (χ4n) is 3.00. The third-order valence-electron chi connectivity index (χ3n) is 3.99. The summed E-state index contributed by atoms with van der Waals surface area (Å²) in [5.74, 6) is 1.17. The maximum Gasteiger partial charge on any atom is 0.131 e. The van der Waals surface area contributed by atoms with Gasteiger partial charge >= 0.3 is 0 Å². The van der Waals surface area contributed by atoms with Gasteiger partial charge in [0.2, 0.25) is 0 Å². The molecule has 19 heavy (non-hydrogen) atoms. The van der Waals surface area contributed by atoms with Crippen molar-refractivity contribution in [1.29, 1.82) is 0 Å². The molecule has 2 atom stereocenters. The van der Waals surface area contributed by atoms with Crippen LogP contribution in [-0.2, 0) is 6.42 Å². The van der Waals surface area contributed by atoms with Crippen LogP contribution >= 0.6 is 0 Å². The summed E-state index contributed by atoms with van der Waals surface area (Å²) in [4.78, 5) is 7.20. The maximum atomic E-state index is 5.86. The fraction of sp³-hybridized carbons (Fsp3) is 0.688. The Bertz CT molecular complexity index is 414. The summed E-state index contributed by atoms with van der Waals surface area (Å²) >= 11 is 0. The van der Waals surface area contributed by atoms with E-state index < -0.39 is 0 Å². The van der Waals surface area contributed by atoms with Crippen LogP contribution in [0.2, 0.25) is 0 Å². The number of hydrogen-bond donors (Lipinski definition) is 1. The maximum absolute atomic E-state index is 5.86. The highest BCUT2D eigenvalue weighted by Gasteiger charge is 2.19. The van der Waals surface area contributed by atoms with Gasteiger partial charge in [-0.3, -0.25) is 0 Å². The molecule has 2 unspecified atom stereocenters. The standard InChI is InChI=1S/C16H27N3/c1-12-9-15(10-13(2)17)11-18-16(12)19-8-6-4-5-7-14(19)3/h9,11,13-14H,4-8,10,17H2,1-3H3. The van der Waals surface area contributed by atoms with Gasteiger partial charge in [0, 0.05) is 24.8 Å². The number of aryl methyl sites for hydroxylation is 1. The van der Waals surface area contributed by atoms with Crippen LogP contribution in [0.1, 0.15) is 50.7 Å². The lowest BCUT2D eigenvalue weighted by molar-refractivity contribution is 0.609. The minimum atomic E-state index is 0.198. The van der Waals surface area contributed by atoms with Gasteiger partial charge in [-0.15, -0.1) is 0 Å². The first-order chi connectivity index (χ1) is 9.08. The van der Waals surface area contributed by atoms with Gasteiger partial charge in [-0.1, -0.05) is 18.9 Å². The minimum absolute atomic E-state index is 0.198. The van der Waals surface area contributed by atoms with E-state index >= 15 is 0 Å². The van der Waals surface area contributed by atoms with Crippen LogP contribution in [0.4, 0.5) is 5.82 Å². The molecule has 1 saturated heterocycles. The highest BCUT2D eigenvalue weighted by molar-refractivity contribution is 5.48.